The van der Waals surface area contributed by atoms with E-state index in [1.165, 1.54) is 0 Å². The topological polar surface area (TPSA) is 69.6 Å². The molecule has 5 heteroatoms. The maximum absolute atomic E-state index is 12.2. The molecule has 1 saturated carbocycles. The molecule has 0 aromatic heterocycles. The molecule has 0 aromatic rings. The van der Waals surface area contributed by atoms with Gasteiger partial charge in [-0.1, -0.05) is 12.8 Å². The van der Waals surface area contributed by atoms with Crippen LogP contribution in [0.15, 0.2) is 0 Å². The van der Waals surface area contributed by atoms with Crippen LogP contribution in [0, 0.1) is 0 Å². The molecule has 2 rings (SSSR count). The molecule has 2 aliphatic rings. The number of nitrogens with one attached hydrogen (secondary N) is 1. The molecule has 0 aromatic carbocycles. The zero-order chi connectivity index (χ0) is 13.0. The molecule has 1 amide bonds. The van der Waals surface area contributed by atoms with Crippen LogP contribution in [-0.2, 0) is 9.59 Å². The summed E-state index contributed by atoms with van der Waals surface area (Å²) >= 11 is 0. The van der Waals surface area contributed by atoms with Crippen molar-refractivity contribution in [2.45, 2.75) is 57.0 Å². The van der Waals surface area contributed by atoms with E-state index >= 15 is 0 Å². The molecule has 1 aliphatic heterocycles. The quantitative estimate of drug-likeness (QED) is 0.767. The third kappa shape index (κ3) is 3.45. The van der Waals surface area contributed by atoms with Crippen molar-refractivity contribution in [1.29, 1.82) is 0 Å². The molecule has 1 heterocycles. The summed E-state index contributed by atoms with van der Waals surface area (Å²) in [6, 6.07) is 0.394. The van der Waals surface area contributed by atoms with Crippen molar-refractivity contribution in [2.75, 3.05) is 13.1 Å². The Hall–Kier alpha value is -1.10. The third-order valence-corrected chi connectivity index (χ3v) is 3.97. The van der Waals surface area contributed by atoms with Gasteiger partial charge in [0.1, 0.15) is 6.54 Å². The van der Waals surface area contributed by atoms with Gasteiger partial charge in [0.2, 0.25) is 5.91 Å². The van der Waals surface area contributed by atoms with Crippen LogP contribution in [0.25, 0.3) is 0 Å². The second-order valence-corrected chi connectivity index (χ2v) is 5.35. The zero-order valence-electron chi connectivity index (χ0n) is 10.7. The normalized spacial score (nSPS) is 24.3. The zero-order valence-corrected chi connectivity index (χ0v) is 10.7. The van der Waals surface area contributed by atoms with Crippen molar-refractivity contribution in [3.8, 4) is 0 Å². The highest BCUT2D eigenvalue weighted by Gasteiger charge is 2.30. The Morgan fingerprint density at radius 2 is 1.89 bits per heavy atom. The van der Waals surface area contributed by atoms with E-state index in [2.05, 4.69) is 5.32 Å². The summed E-state index contributed by atoms with van der Waals surface area (Å²) < 4.78 is 0. The first-order valence-corrected chi connectivity index (χ1v) is 6.91. The monoisotopic (exact) mass is 254 g/mol. The van der Waals surface area contributed by atoms with Crippen LogP contribution in [0.5, 0.6) is 0 Å². The number of aliphatic carboxylic acids is 1. The van der Waals surface area contributed by atoms with Gasteiger partial charge in [-0.05, 0) is 32.2 Å². The van der Waals surface area contributed by atoms with Crippen molar-refractivity contribution in [3.05, 3.63) is 0 Å². The number of amides is 1. The highest BCUT2D eigenvalue weighted by molar-refractivity contribution is 5.82. The molecule has 1 atom stereocenters. The third-order valence-electron chi connectivity index (χ3n) is 3.97. The van der Waals surface area contributed by atoms with Crippen molar-refractivity contribution in [2.24, 2.45) is 0 Å². The summed E-state index contributed by atoms with van der Waals surface area (Å²) in [6.45, 7) is 0.830. The van der Waals surface area contributed by atoms with E-state index < -0.39 is 5.97 Å². The minimum absolute atomic E-state index is 0.00343. The first kappa shape index (κ1) is 13.3. The maximum atomic E-state index is 12.2. The molecule has 18 heavy (non-hydrogen) atoms. The van der Waals surface area contributed by atoms with Crippen LogP contribution in [0.1, 0.15) is 44.9 Å². The molecule has 1 saturated heterocycles. The van der Waals surface area contributed by atoms with E-state index in [4.69, 9.17) is 5.11 Å². The number of hydrogen-bond donors (Lipinski definition) is 2. The molecule has 102 valence electrons. The Morgan fingerprint density at radius 3 is 2.44 bits per heavy atom. The summed E-state index contributed by atoms with van der Waals surface area (Å²) in [5.41, 5.74) is 0. The Bertz CT molecular complexity index is 307. The number of carbonyl (C=O) groups excluding carboxylic acids is 1. The minimum Gasteiger partial charge on any atom is -0.480 e. The van der Waals surface area contributed by atoms with Gasteiger partial charge < -0.3 is 15.3 Å². The average molecular weight is 254 g/mol. The number of carboxylic acid groups (broad SMARTS) is 1. The predicted molar refractivity (Wildman–Crippen MR) is 67.2 cm³/mol. The van der Waals surface area contributed by atoms with Gasteiger partial charge in [-0.25, -0.2) is 0 Å². The number of carbonyl (C=O) groups is 2. The second-order valence-electron chi connectivity index (χ2n) is 5.35. The summed E-state index contributed by atoms with van der Waals surface area (Å²) in [4.78, 5) is 24.7. The van der Waals surface area contributed by atoms with Crippen molar-refractivity contribution < 1.29 is 14.7 Å². The molecule has 5 nitrogen and oxygen atoms in total. The number of carboxylic acids is 1. The van der Waals surface area contributed by atoms with E-state index in [-0.39, 0.29) is 24.5 Å². The van der Waals surface area contributed by atoms with E-state index in [9.17, 15) is 9.59 Å². The first-order chi connectivity index (χ1) is 8.66. The van der Waals surface area contributed by atoms with Gasteiger partial charge in [0.15, 0.2) is 0 Å². The lowest BCUT2D eigenvalue weighted by Crippen LogP contribution is -2.44. The van der Waals surface area contributed by atoms with Crippen LogP contribution >= 0.6 is 0 Å². The highest BCUT2D eigenvalue weighted by atomic mass is 16.4. The van der Waals surface area contributed by atoms with Crippen molar-refractivity contribution in [1.82, 2.24) is 10.2 Å². The first-order valence-electron chi connectivity index (χ1n) is 6.91. The summed E-state index contributed by atoms with van der Waals surface area (Å²) in [6.07, 6.45) is 6.71. The fraction of sp³-hybridized carbons (Fsp3) is 0.846. The van der Waals surface area contributed by atoms with E-state index in [1.807, 2.05) is 0 Å². The molecule has 1 aliphatic carbocycles. The SMILES string of the molecule is O=C(O)CN(C(=O)CC1CCCN1)C1CCCC1. The lowest BCUT2D eigenvalue weighted by molar-refractivity contribution is -0.146. The van der Waals surface area contributed by atoms with E-state index in [1.54, 1.807) is 4.90 Å². The van der Waals surface area contributed by atoms with Gasteiger partial charge in [0.05, 0.1) is 0 Å². The Labute approximate surface area is 108 Å². The lowest BCUT2D eigenvalue weighted by Gasteiger charge is -2.28. The Morgan fingerprint density at radius 1 is 1.17 bits per heavy atom. The fourth-order valence-corrected chi connectivity index (χ4v) is 3.04. The highest BCUT2D eigenvalue weighted by Crippen LogP contribution is 2.24. The van der Waals surface area contributed by atoms with Crippen LogP contribution in [0.3, 0.4) is 0 Å². The van der Waals surface area contributed by atoms with Gasteiger partial charge in [0, 0.05) is 18.5 Å². The summed E-state index contributed by atoms with van der Waals surface area (Å²) in [5, 5.41) is 12.2. The van der Waals surface area contributed by atoms with Gasteiger partial charge in [-0.2, -0.15) is 0 Å². The number of rotatable bonds is 5. The minimum atomic E-state index is -0.908. The Balaban J connectivity index is 1.93. The van der Waals surface area contributed by atoms with Crippen LogP contribution < -0.4 is 5.32 Å². The van der Waals surface area contributed by atoms with Crippen LogP contribution in [-0.4, -0.2) is 47.1 Å². The van der Waals surface area contributed by atoms with Crippen LogP contribution in [0.4, 0.5) is 0 Å². The van der Waals surface area contributed by atoms with E-state index in [0.717, 1.165) is 45.1 Å². The van der Waals surface area contributed by atoms with Gasteiger partial charge in [-0.15, -0.1) is 0 Å². The van der Waals surface area contributed by atoms with Gasteiger partial charge in [0.25, 0.3) is 0 Å². The standard InChI is InChI=1S/C13H22N2O3/c16-12(8-10-4-3-7-14-10)15(9-13(17)18)11-5-1-2-6-11/h10-11,14H,1-9H2,(H,17,18). The molecule has 2 N–H and O–H groups in total. The molecule has 1 unspecified atom stereocenters. The van der Waals surface area contributed by atoms with Crippen LogP contribution in [0.2, 0.25) is 0 Å². The second kappa shape index (κ2) is 6.18. The summed E-state index contributed by atoms with van der Waals surface area (Å²) in [7, 11) is 0. The maximum Gasteiger partial charge on any atom is 0.323 e. The van der Waals surface area contributed by atoms with Gasteiger partial charge in [-0.3, -0.25) is 9.59 Å². The number of hydrogen-bond acceptors (Lipinski definition) is 3. The smallest absolute Gasteiger partial charge is 0.323 e. The largest absolute Gasteiger partial charge is 0.480 e. The van der Waals surface area contributed by atoms with Crippen molar-refractivity contribution >= 4 is 11.9 Å². The molecule has 0 bridgehead atoms. The van der Waals surface area contributed by atoms with Crippen molar-refractivity contribution in [3.63, 3.8) is 0 Å². The number of nitrogens with zero attached hydrogens (tertiary/aromatic N) is 1. The predicted octanol–water partition coefficient (Wildman–Crippen LogP) is 0.984. The lowest BCUT2D eigenvalue weighted by atomic mass is 10.1. The van der Waals surface area contributed by atoms with E-state index in [0.29, 0.717) is 6.42 Å². The molecular formula is C13H22N2O3. The molecular weight excluding hydrogens is 232 g/mol. The molecule has 2 fully saturated rings. The van der Waals surface area contributed by atoms with Gasteiger partial charge >= 0.3 is 5.97 Å². The average Bonchev–Trinajstić information content (AvgIpc) is 2.97. The molecule has 0 radical (unpaired) electrons. The fourth-order valence-electron chi connectivity index (χ4n) is 3.04. The molecule has 0 spiro atoms. The Kier molecular flexibility index (Phi) is 4.58. The summed E-state index contributed by atoms with van der Waals surface area (Å²) in [5.74, 6) is -0.904.